The predicted octanol–water partition coefficient (Wildman–Crippen LogP) is 2.44. The molecule has 8 atom stereocenters. The molecule has 4 saturated carbocycles. The Balaban J connectivity index is 1.43. The van der Waals surface area contributed by atoms with E-state index in [9.17, 15) is 14.7 Å². The highest BCUT2D eigenvalue weighted by Gasteiger charge is 2.66. The van der Waals surface area contributed by atoms with Crippen LogP contribution >= 0.6 is 0 Å². The van der Waals surface area contributed by atoms with Gasteiger partial charge in [-0.1, -0.05) is 0 Å². The summed E-state index contributed by atoms with van der Waals surface area (Å²) >= 11 is 0. The van der Waals surface area contributed by atoms with Gasteiger partial charge in [-0.3, -0.25) is 4.79 Å². The maximum absolute atomic E-state index is 12.4. The van der Waals surface area contributed by atoms with Gasteiger partial charge in [-0.15, -0.1) is 0 Å². The van der Waals surface area contributed by atoms with Crippen molar-refractivity contribution in [3.8, 4) is 0 Å². The van der Waals surface area contributed by atoms with E-state index in [1.54, 1.807) is 0 Å². The molecule has 0 aromatic rings. The lowest BCUT2D eigenvalue weighted by Crippen LogP contribution is -2.41. The Hall–Kier alpha value is -1.56. The first-order valence-electron chi connectivity index (χ1n) is 9.34. The van der Waals surface area contributed by atoms with Crippen molar-refractivity contribution in [2.24, 2.45) is 41.4 Å². The highest BCUT2D eigenvalue weighted by molar-refractivity contribution is 5.85. The van der Waals surface area contributed by atoms with Gasteiger partial charge in [0.15, 0.2) is 12.6 Å². The molecule has 4 bridgehead atoms. The molecule has 4 aliphatic rings. The van der Waals surface area contributed by atoms with Crippen LogP contribution in [0.3, 0.4) is 0 Å². The van der Waals surface area contributed by atoms with Crippen molar-refractivity contribution in [2.75, 3.05) is 13.4 Å². The van der Waals surface area contributed by atoms with E-state index in [1.807, 2.05) is 6.92 Å². The van der Waals surface area contributed by atoms with Gasteiger partial charge in [-0.05, 0) is 74.7 Å². The number of esters is 2. The van der Waals surface area contributed by atoms with Crippen LogP contribution in [0.1, 0.15) is 32.6 Å². The predicted molar refractivity (Wildman–Crippen MR) is 87.1 cm³/mol. The van der Waals surface area contributed by atoms with Crippen molar-refractivity contribution < 1.29 is 28.9 Å². The fourth-order valence-electron chi connectivity index (χ4n) is 6.44. The zero-order chi connectivity index (χ0) is 17.7. The van der Waals surface area contributed by atoms with E-state index in [-0.39, 0.29) is 24.8 Å². The van der Waals surface area contributed by atoms with Gasteiger partial charge in [-0.25, -0.2) is 4.79 Å². The maximum Gasteiger partial charge on any atom is 0.373 e. The molecule has 8 unspecified atom stereocenters. The molecule has 4 rings (SSSR count). The topological polar surface area (TPSA) is 82.1 Å². The summed E-state index contributed by atoms with van der Waals surface area (Å²) in [5.41, 5.74) is 0. The third kappa shape index (κ3) is 2.65. The van der Waals surface area contributed by atoms with Gasteiger partial charge in [0.05, 0.1) is 5.92 Å². The minimum Gasteiger partial charge on any atom is -0.502 e. The molecule has 4 aliphatic carbocycles. The van der Waals surface area contributed by atoms with E-state index in [2.05, 4.69) is 6.58 Å². The summed E-state index contributed by atoms with van der Waals surface area (Å²) in [6.07, 6.45) is 3.82. The number of aliphatic hydroxyl groups is 1. The molecule has 0 aromatic heterocycles. The van der Waals surface area contributed by atoms with Gasteiger partial charge < -0.3 is 19.3 Å². The molecule has 1 N–H and O–H groups in total. The number of rotatable bonds is 6. The number of ether oxygens (including phenoxy) is 3. The van der Waals surface area contributed by atoms with E-state index in [1.165, 1.54) is 0 Å². The van der Waals surface area contributed by atoms with Crippen LogP contribution in [0.2, 0.25) is 0 Å². The molecular weight excluding hydrogens is 324 g/mol. The number of aliphatic hydroxyl groups excluding tert-OH is 1. The zero-order valence-corrected chi connectivity index (χ0v) is 14.6. The van der Waals surface area contributed by atoms with E-state index >= 15 is 0 Å². The average molecular weight is 350 g/mol. The van der Waals surface area contributed by atoms with Gasteiger partial charge in [0.25, 0.3) is 0 Å². The van der Waals surface area contributed by atoms with Crippen LogP contribution < -0.4 is 0 Å². The highest BCUT2D eigenvalue weighted by Crippen LogP contribution is 2.69. The third-order valence-corrected chi connectivity index (χ3v) is 7.04. The first kappa shape index (κ1) is 16.9. The summed E-state index contributed by atoms with van der Waals surface area (Å²) in [5, 5.41) is 9.22. The Morgan fingerprint density at radius 3 is 2.52 bits per heavy atom. The molecule has 25 heavy (non-hydrogen) atoms. The van der Waals surface area contributed by atoms with Crippen molar-refractivity contribution in [1.82, 2.24) is 0 Å². The fraction of sp³-hybridized carbons (Fsp3) is 0.789. The maximum atomic E-state index is 12.4. The summed E-state index contributed by atoms with van der Waals surface area (Å²) in [5.74, 6) is 1.47. The van der Waals surface area contributed by atoms with Crippen LogP contribution in [0.25, 0.3) is 0 Å². The minimum atomic E-state index is -0.718. The van der Waals surface area contributed by atoms with Gasteiger partial charge in [0, 0.05) is 6.61 Å². The van der Waals surface area contributed by atoms with E-state index in [0.717, 1.165) is 25.7 Å². The van der Waals surface area contributed by atoms with Crippen molar-refractivity contribution in [2.45, 2.75) is 38.7 Å². The van der Waals surface area contributed by atoms with E-state index in [4.69, 9.17) is 14.2 Å². The van der Waals surface area contributed by atoms with Gasteiger partial charge in [0.1, 0.15) is 6.10 Å². The van der Waals surface area contributed by atoms with Crippen molar-refractivity contribution in [3.05, 3.63) is 12.3 Å². The van der Waals surface area contributed by atoms with E-state index in [0.29, 0.717) is 42.1 Å². The second-order valence-corrected chi connectivity index (χ2v) is 8.02. The normalized spacial score (nSPS) is 43.1. The monoisotopic (exact) mass is 350 g/mol. The average Bonchev–Trinajstić information content (AvgIpc) is 3.32. The minimum absolute atomic E-state index is 0.0300. The molecular formula is C19H26O6. The number of hydrogen-bond donors (Lipinski definition) is 1. The third-order valence-electron chi connectivity index (χ3n) is 7.04. The Labute approximate surface area is 147 Å². The van der Waals surface area contributed by atoms with Gasteiger partial charge in [0.2, 0.25) is 0 Å². The van der Waals surface area contributed by atoms with Gasteiger partial charge in [-0.2, -0.15) is 0 Å². The summed E-state index contributed by atoms with van der Waals surface area (Å²) in [7, 11) is 0. The molecule has 6 heteroatoms. The first-order chi connectivity index (χ1) is 12.0. The largest absolute Gasteiger partial charge is 0.502 e. The Bertz CT molecular complexity index is 586. The zero-order valence-electron chi connectivity index (χ0n) is 14.6. The molecule has 0 radical (unpaired) electrons. The fourth-order valence-corrected chi connectivity index (χ4v) is 6.44. The molecule has 0 saturated heterocycles. The summed E-state index contributed by atoms with van der Waals surface area (Å²) in [4.78, 5) is 24.1. The lowest BCUT2D eigenvalue weighted by atomic mass is 9.67. The molecule has 0 aliphatic heterocycles. The second-order valence-electron chi connectivity index (χ2n) is 8.02. The van der Waals surface area contributed by atoms with Crippen LogP contribution in [-0.4, -0.2) is 36.5 Å². The molecule has 6 nitrogen and oxygen atoms in total. The lowest BCUT2D eigenvalue weighted by Gasteiger charge is -2.40. The summed E-state index contributed by atoms with van der Waals surface area (Å²) in [6, 6.07) is 0. The molecule has 0 amide bonds. The molecule has 0 spiro atoms. The van der Waals surface area contributed by atoms with Crippen LogP contribution in [-0.2, 0) is 23.8 Å². The van der Waals surface area contributed by atoms with Crippen LogP contribution in [0.4, 0.5) is 0 Å². The number of carbonyl (C=O) groups is 2. The molecule has 0 heterocycles. The smallest absolute Gasteiger partial charge is 0.373 e. The van der Waals surface area contributed by atoms with Crippen LogP contribution in [0, 0.1) is 41.4 Å². The Kier molecular flexibility index (Phi) is 4.26. The van der Waals surface area contributed by atoms with E-state index < -0.39 is 11.7 Å². The molecule has 4 fully saturated rings. The quantitative estimate of drug-likeness (QED) is 0.198. The Morgan fingerprint density at radius 2 is 1.80 bits per heavy atom. The lowest BCUT2D eigenvalue weighted by molar-refractivity contribution is -0.166. The molecule has 138 valence electrons. The molecule has 0 aromatic carbocycles. The number of carbonyl (C=O) groups excluding carboxylic acids is 2. The van der Waals surface area contributed by atoms with Crippen LogP contribution in [0.5, 0.6) is 0 Å². The summed E-state index contributed by atoms with van der Waals surface area (Å²) < 4.78 is 15.9. The summed E-state index contributed by atoms with van der Waals surface area (Å²) in [6.45, 7) is 5.67. The van der Waals surface area contributed by atoms with Crippen molar-refractivity contribution >= 4 is 11.9 Å². The SMILES string of the molecule is C=C(O)C(=O)OC1CC2CC1C1C3CC(CC3C(=O)OCOCC)C21. The first-order valence-corrected chi connectivity index (χ1v) is 9.34. The number of hydrogen-bond acceptors (Lipinski definition) is 6. The standard InChI is InChI=1S/C19H26O6/c1-3-23-8-24-19(22)13-5-10-4-12(13)17-14-6-11(16(10)17)7-15(14)25-18(21)9(2)20/h10-17,20H,2-8H2,1H3. The number of fused-ring (bicyclic) bond motifs is 9. The van der Waals surface area contributed by atoms with Crippen LogP contribution in [0.15, 0.2) is 12.3 Å². The second kappa shape index (κ2) is 6.31. The highest BCUT2D eigenvalue weighted by atomic mass is 16.7. The van der Waals surface area contributed by atoms with Crippen molar-refractivity contribution in [1.29, 1.82) is 0 Å². The Morgan fingerprint density at radius 1 is 1.08 bits per heavy atom. The van der Waals surface area contributed by atoms with Gasteiger partial charge >= 0.3 is 11.9 Å². The van der Waals surface area contributed by atoms with Crippen molar-refractivity contribution in [3.63, 3.8) is 0 Å².